The van der Waals surface area contributed by atoms with Crippen molar-refractivity contribution in [3.63, 3.8) is 0 Å². The molecule has 0 bridgehead atoms. The van der Waals surface area contributed by atoms with Gasteiger partial charge in [-0.25, -0.2) is 0 Å². The molecule has 3 aromatic rings. The molecule has 0 aromatic heterocycles. The minimum Gasteiger partial charge on any atom is -0.490 e. The van der Waals surface area contributed by atoms with E-state index in [-0.39, 0.29) is 42.3 Å². The second kappa shape index (κ2) is 13.6. The molecule has 1 atom stereocenters. The highest BCUT2D eigenvalue weighted by molar-refractivity contribution is 9.10. The molecule has 0 aliphatic heterocycles. The Labute approximate surface area is 230 Å². The van der Waals surface area contributed by atoms with Gasteiger partial charge in [0.15, 0.2) is 6.61 Å². The molecule has 0 aliphatic carbocycles. The van der Waals surface area contributed by atoms with E-state index >= 15 is 0 Å². The lowest BCUT2D eigenvalue weighted by molar-refractivity contribution is -0.385. The molecule has 0 heterocycles. The van der Waals surface area contributed by atoms with Gasteiger partial charge in [-0.15, -0.1) is 0 Å². The molecule has 3 aromatic carbocycles. The summed E-state index contributed by atoms with van der Waals surface area (Å²) in [5.41, 5.74) is 1.53. The zero-order chi connectivity index (χ0) is 27.7. The molecule has 0 fully saturated rings. The molecule has 0 spiro atoms. The Morgan fingerprint density at radius 3 is 2.37 bits per heavy atom. The van der Waals surface area contributed by atoms with Crippen LogP contribution in [0.4, 0.5) is 5.69 Å². The highest BCUT2D eigenvalue weighted by atomic mass is 79.9. The van der Waals surface area contributed by atoms with E-state index in [0.29, 0.717) is 6.42 Å². The molecule has 0 saturated carbocycles. The van der Waals surface area contributed by atoms with Gasteiger partial charge in [-0.3, -0.25) is 19.7 Å². The number of methoxy groups -OCH3 is 1. The molecular formula is C28H30BrN3O6. The molecule has 0 radical (unpaired) electrons. The van der Waals surface area contributed by atoms with Crippen LogP contribution in [-0.2, 0) is 22.6 Å². The molecule has 0 unspecified atom stereocenters. The summed E-state index contributed by atoms with van der Waals surface area (Å²) >= 11 is 3.47. The van der Waals surface area contributed by atoms with Crippen LogP contribution in [0.5, 0.6) is 11.5 Å². The van der Waals surface area contributed by atoms with E-state index in [1.165, 1.54) is 30.2 Å². The third-order valence-corrected chi connectivity index (χ3v) is 6.15. The summed E-state index contributed by atoms with van der Waals surface area (Å²) in [6.07, 6.45) is 0.310. The number of nitro benzene ring substituents is 1. The van der Waals surface area contributed by atoms with Gasteiger partial charge in [-0.2, -0.15) is 0 Å². The van der Waals surface area contributed by atoms with Crippen LogP contribution < -0.4 is 14.8 Å². The van der Waals surface area contributed by atoms with Crippen LogP contribution in [0.25, 0.3) is 0 Å². The second-order valence-electron chi connectivity index (χ2n) is 8.90. The number of hydrogen-bond acceptors (Lipinski definition) is 6. The van der Waals surface area contributed by atoms with Crippen molar-refractivity contribution in [3.8, 4) is 11.5 Å². The first-order chi connectivity index (χ1) is 18.2. The summed E-state index contributed by atoms with van der Waals surface area (Å²) < 4.78 is 11.7. The highest BCUT2D eigenvalue weighted by Crippen LogP contribution is 2.31. The minimum atomic E-state index is -0.804. The summed E-state index contributed by atoms with van der Waals surface area (Å²) in [5.74, 6) is -0.440. The lowest BCUT2D eigenvalue weighted by Gasteiger charge is -2.32. The van der Waals surface area contributed by atoms with Gasteiger partial charge >= 0.3 is 5.69 Å². The van der Waals surface area contributed by atoms with Crippen molar-refractivity contribution in [1.29, 1.82) is 0 Å². The number of nitro groups is 1. The number of nitrogens with one attached hydrogen (secondary N) is 1. The largest absolute Gasteiger partial charge is 0.490 e. The predicted molar refractivity (Wildman–Crippen MR) is 147 cm³/mol. The van der Waals surface area contributed by atoms with E-state index < -0.39 is 16.9 Å². The topological polar surface area (TPSA) is 111 Å². The van der Waals surface area contributed by atoms with E-state index in [1.807, 2.05) is 68.4 Å². The minimum absolute atomic E-state index is 0.0178. The van der Waals surface area contributed by atoms with E-state index in [1.54, 1.807) is 0 Å². The lowest BCUT2D eigenvalue weighted by Crippen LogP contribution is -2.52. The van der Waals surface area contributed by atoms with E-state index in [4.69, 9.17) is 9.47 Å². The summed E-state index contributed by atoms with van der Waals surface area (Å²) in [7, 11) is 1.32. The first kappa shape index (κ1) is 28.6. The van der Waals surface area contributed by atoms with Gasteiger partial charge < -0.3 is 19.7 Å². The van der Waals surface area contributed by atoms with Gasteiger partial charge in [0.05, 0.1) is 12.0 Å². The quantitative estimate of drug-likeness (QED) is 0.239. The van der Waals surface area contributed by atoms with Crippen LogP contribution in [0.15, 0.2) is 77.3 Å². The number of ether oxygens (including phenoxy) is 2. The maximum atomic E-state index is 13.6. The maximum Gasteiger partial charge on any atom is 0.311 e. The average molecular weight is 584 g/mol. The molecule has 0 aliphatic rings. The molecule has 38 heavy (non-hydrogen) atoms. The maximum absolute atomic E-state index is 13.6. The highest BCUT2D eigenvalue weighted by Gasteiger charge is 2.31. The fraction of sp³-hybridized carbons (Fsp3) is 0.286. The van der Waals surface area contributed by atoms with Crippen LogP contribution in [0, 0.1) is 10.1 Å². The number of carbonyl (C=O) groups excluding carboxylic acids is 2. The van der Waals surface area contributed by atoms with Crippen LogP contribution in [0.3, 0.4) is 0 Å². The molecule has 0 saturated heterocycles. The molecule has 9 nitrogen and oxygen atoms in total. The summed E-state index contributed by atoms with van der Waals surface area (Å²) in [6.45, 7) is 3.52. The zero-order valence-corrected chi connectivity index (χ0v) is 23.0. The third kappa shape index (κ3) is 8.04. The van der Waals surface area contributed by atoms with Gasteiger partial charge in [0.1, 0.15) is 11.8 Å². The Hall–Kier alpha value is -3.92. The molecular weight excluding hydrogens is 554 g/mol. The number of halogens is 1. The van der Waals surface area contributed by atoms with Gasteiger partial charge in [-0.05, 0) is 43.2 Å². The Morgan fingerprint density at radius 2 is 1.74 bits per heavy atom. The average Bonchev–Trinajstić information content (AvgIpc) is 2.89. The fourth-order valence-corrected chi connectivity index (χ4v) is 4.34. The Kier molecular flexibility index (Phi) is 10.2. The van der Waals surface area contributed by atoms with Gasteiger partial charge in [0, 0.05) is 35.6 Å². The van der Waals surface area contributed by atoms with Crippen LogP contribution in [0.2, 0.25) is 0 Å². The summed E-state index contributed by atoms with van der Waals surface area (Å²) in [5, 5.41) is 14.1. The van der Waals surface area contributed by atoms with Crippen molar-refractivity contribution < 1.29 is 24.0 Å². The second-order valence-corrected chi connectivity index (χ2v) is 9.82. The van der Waals surface area contributed by atoms with Gasteiger partial charge in [-0.1, -0.05) is 58.4 Å². The van der Waals surface area contributed by atoms with Crippen molar-refractivity contribution in [2.75, 3.05) is 13.7 Å². The van der Waals surface area contributed by atoms with Crippen molar-refractivity contribution in [2.24, 2.45) is 0 Å². The SMILES string of the molecule is COc1cc(OCC(=O)N(Cc2cccc(Br)c2)[C@@H](Cc2ccccc2)C(=O)NC(C)C)ccc1[N+](=O)[O-]. The predicted octanol–water partition coefficient (Wildman–Crippen LogP) is 4.91. The van der Waals surface area contributed by atoms with Crippen LogP contribution >= 0.6 is 15.9 Å². The number of benzene rings is 3. The molecule has 1 N–H and O–H groups in total. The van der Waals surface area contributed by atoms with E-state index in [2.05, 4.69) is 21.2 Å². The van der Waals surface area contributed by atoms with Crippen LogP contribution in [0.1, 0.15) is 25.0 Å². The summed E-state index contributed by atoms with van der Waals surface area (Å²) in [6, 6.07) is 20.1. The van der Waals surface area contributed by atoms with Gasteiger partial charge in [0.2, 0.25) is 11.7 Å². The first-order valence-corrected chi connectivity index (χ1v) is 12.8. The van der Waals surface area contributed by atoms with Crippen molar-refractivity contribution in [2.45, 2.75) is 38.9 Å². The third-order valence-electron chi connectivity index (χ3n) is 5.65. The number of rotatable bonds is 12. The van der Waals surface area contributed by atoms with Crippen molar-refractivity contribution >= 4 is 33.4 Å². The molecule has 2 amide bonds. The van der Waals surface area contributed by atoms with Crippen molar-refractivity contribution in [3.05, 3.63) is 98.5 Å². The monoisotopic (exact) mass is 583 g/mol. The van der Waals surface area contributed by atoms with Gasteiger partial charge in [0.25, 0.3) is 5.91 Å². The smallest absolute Gasteiger partial charge is 0.311 e. The van der Waals surface area contributed by atoms with E-state index in [0.717, 1.165) is 15.6 Å². The normalized spacial score (nSPS) is 11.5. The standard InChI is InChI=1S/C28H30BrN3O6/c1-19(2)30-28(34)25(15-20-8-5-4-6-9-20)31(17-21-10-7-11-22(29)14-21)27(33)18-38-23-12-13-24(32(35)36)26(16-23)37-3/h4-14,16,19,25H,15,17-18H2,1-3H3,(H,30,34)/t25-/m0/s1. The Morgan fingerprint density at radius 1 is 1.03 bits per heavy atom. The Bertz CT molecular complexity index is 1270. The fourth-order valence-electron chi connectivity index (χ4n) is 3.89. The zero-order valence-electron chi connectivity index (χ0n) is 21.4. The number of nitrogens with zero attached hydrogens (tertiary/aromatic N) is 2. The number of carbonyl (C=O) groups is 2. The molecule has 10 heteroatoms. The Balaban J connectivity index is 1.91. The molecule has 200 valence electrons. The number of hydrogen-bond donors (Lipinski definition) is 1. The molecule has 3 rings (SSSR count). The van der Waals surface area contributed by atoms with E-state index in [9.17, 15) is 19.7 Å². The van der Waals surface area contributed by atoms with Crippen LogP contribution in [-0.4, -0.2) is 47.4 Å². The number of amides is 2. The first-order valence-electron chi connectivity index (χ1n) is 12.0. The van der Waals surface area contributed by atoms with Crippen molar-refractivity contribution in [1.82, 2.24) is 10.2 Å². The summed E-state index contributed by atoms with van der Waals surface area (Å²) in [4.78, 5) is 39.2. The lowest BCUT2D eigenvalue weighted by atomic mass is 10.0.